The largest absolute Gasteiger partial charge is 0.370 e. The van der Waals surface area contributed by atoms with Crippen molar-refractivity contribution in [2.75, 3.05) is 29.3 Å². The number of thiol groups is 1. The molecule has 6 nitrogen and oxygen atoms in total. The van der Waals surface area contributed by atoms with Gasteiger partial charge in [-0.25, -0.2) is 15.0 Å². The fourth-order valence-corrected chi connectivity index (χ4v) is 4.01. The molecule has 148 valence electrons. The van der Waals surface area contributed by atoms with Crippen LogP contribution >= 0.6 is 24.0 Å². The van der Waals surface area contributed by atoms with E-state index in [0.29, 0.717) is 12.1 Å². The molecule has 0 atom stereocenters. The quantitative estimate of drug-likeness (QED) is 0.546. The predicted molar refractivity (Wildman–Crippen MR) is 121 cm³/mol. The summed E-state index contributed by atoms with van der Waals surface area (Å²) in [7, 11) is 1.86. The Balaban J connectivity index is 0.000000614. The van der Waals surface area contributed by atoms with E-state index in [1.54, 1.807) is 30.0 Å². The second-order valence-electron chi connectivity index (χ2n) is 5.93. The average molecular weight is 407 g/mol. The van der Waals surface area contributed by atoms with E-state index >= 15 is 0 Å². The van der Waals surface area contributed by atoms with Gasteiger partial charge in [-0.2, -0.15) is 12.6 Å². The van der Waals surface area contributed by atoms with E-state index < -0.39 is 0 Å². The van der Waals surface area contributed by atoms with Crippen LogP contribution in [0.25, 0.3) is 6.08 Å². The zero-order valence-corrected chi connectivity index (χ0v) is 18.2. The monoisotopic (exact) mass is 406 g/mol. The van der Waals surface area contributed by atoms with Crippen molar-refractivity contribution in [1.82, 2.24) is 15.0 Å². The number of nitrogens with one attached hydrogen (secondary N) is 3. The molecule has 0 spiro atoms. The van der Waals surface area contributed by atoms with E-state index in [0.717, 1.165) is 42.5 Å². The van der Waals surface area contributed by atoms with Crippen molar-refractivity contribution in [3.8, 4) is 0 Å². The lowest BCUT2D eigenvalue weighted by Gasteiger charge is -2.36. The number of nitrogens with zero attached hydrogens (tertiary/aromatic N) is 3. The van der Waals surface area contributed by atoms with Crippen LogP contribution in [0.2, 0.25) is 0 Å². The van der Waals surface area contributed by atoms with Gasteiger partial charge >= 0.3 is 0 Å². The maximum absolute atomic E-state index is 4.71. The number of anilines is 3. The zero-order valence-electron chi connectivity index (χ0n) is 16.5. The van der Waals surface area contributed by atoms with E-state index in [2.05, 4.69) is 50.7 Å². The zero-order chi connectivity index (χ0) is 19.6. The van der Waals surface area contributed by atoms with Gasteiger partial charge < -0.3 is 16.0 Å². The minimum Gasteiger partial charge on any atom is -0.370 e. The smallest absolute Gasteiger partial charge is 0.183 e. The van der Waals surface area contributed by atoms with Gasteiger partial charge in [0.2, 0.25) is 0 Å². The fourth-order valence-electron chi connectivity index (χ4n) is 2.99. The van der Waals surface area contributed by atoms with Crippen LogP contribution in [0, 0.1) is 0 Å². The standard InChI is InChI=1S/C16H20N6S.C2H6.CH4S/c1-17-14-15(19-7-6-18-14)20-10-8-11(9-10)21-16-22-12-4-2-3-5-13(12)23-16;2*1-2/h3,5-7,10-11H,2,4,8-9H2,1H3,(H,17,18)(H,19,20)(H,21,22);1-2H3;2H,1H3. The van der Waals surface area contributed by atoms with Gasteiger partial charge in [-0.05, 0) is 38.0 Å². The summed E-state index contributed by atoms with van der Waals surface area (Å²) < 4.78 is 0. The highest BCUT2D eigenvalue weighted by molar-refractivity contribution is 7.79. The summed E-state index contributed by atoms with van der Waals surface area (Å²) in [4.78, 5) is 14.6. The first-order valence-corrected chi connectivity index (χ1v) is 11.2. The van der Waals surface area contributed by atoms with Gasteiger partial charge in [-0.3, -0.25) is 0 Å². The van der Waals surface area contributed by atoms with Gasteiger partial charge in [-0.15, -0.1) is 0 Å². The van der Waals surface area contributed by atoms with Crippen LogP contribution in [0.4, 0.5) is 16.8 Å². The molecule has 8 heteroatoms. The number of allylic oxidation sites excluding steroid dienone is 1. The van der Waals surface area contributed by atoms with Crippen molar-refractivity contribution >= 4 is 46.8 Å². The lowest BCUT2D eigenvalue weighted by Crippen LogP contribution is -2.43. The first kappa shape index (κ1) is 21.5. The second kappa shape index (κ2) is 11.1. The van der Waals surface area contributed by atoms with Crippen LogP contribution in [0.3, 0.4) is 0 Å². The lowest BCUT2D eigenvalue weighted by atomic mass is 9.87. The van der Waals surface area contributed by atoms with Crippen LogP contribution in [-0.4, -0.2) is 40.3 Å². The van der Waals surface area contributed by atoms with Crippen molar-refractivity contribution < 1.29 is 0 Å². The highest BCUT2D eigenvalue weighted by Crippen LogP contribution is 2.33. The van der Waals surface area contributed by atoms with E-state index in [4.69, 9.17) is 4.98 Å². The first-order valence-electron chi connectivity index (χ1n) is 9.44. The van der Waals surface area contributed by atoms with Crippen LogP contribution in [0.5, 0.6) is 0 Å². The third-order valence-corrected chi connectivity index (χ3v) is 5.28. The van der Waals surface area contributed by atoms with Crippen molar-refractivity contribution in [3.05, 3.63) is 29.0 Å². The summed E-state index contributed by atoms with van der Waals surface area (Å²) in [6.45, 7) is 4.00. The first-order chi connectivity index (χ1) is 13.3. The molecule has 0 bridgehead atoms. The van der Waals surface area contributed by atoms with Crippen LogP contribution in [0.15, 0.2) is 18.5 Å². The second-order valence-corrected chi connectivity index (χ2v) is 6.96. The minimum atomic E-state index is 0.436. The molecular formula is C19H30N6S2. The molecule has 2 aromatic rings. The number of rotatable bonds is 5. The number of thiazole rings is 1. The molecule has 1 saturated carbocycles. The van der Waals surface area contributed by atoms with Crippen molar-refractivity contribution in [3.63, 3.8) is 0 Å². The maximum Gasteiger partial charge on any atom is 0.183 e. The normalized spacial score (nSPS) is 19.3. The summed E-state index contributed by atoms with van der Waals surface area (Å²) >= 11 is 5.29. The number of aromatic nitrogens is 3. The Hall–Kier alpha value is -1.80. The van der Waals surface area contributed by atoms with E-state index in [9.17, 15) is 0 Å². The van der Waals surface area contributed by atoms with Crippen LogP contribution in [-0.2, 0) is 6.42 Å². The molecule has 2 aliphatic rings. The Labute approximate surface area is 171 Å². The highest BCUT2D eigenvalue weighted by atomic mass is 32.1. The summed E-state index contributed by atoms with van der Waals surface area (Å²) in [6.07, 6.45) is 13.8. The number of aryl methyl sites for hydroxylation is 1. The summed E-state index contributed by atoms with van der Waals surface area (Å²) in [6, 6.07) is 0.921. The molecule has 0 saturated heterocycles. The molecule has 2 aliphatic carbocycles. The minimum absolute atomic E-state index is 0.436. The Morgan fingerprint density at radius 3 is 2.37 bits per heavy atom. The van der Waals surface area contributed by atoms with Crippen molar-refractivity contribution in [1.29, 1.82) is 0 Å². The van der Waals surface area contributed by atoms with Gasteiger partial charge in [0.1, 0.15) is 0 Å². The van der Waals surface area contributed by atoms with Crippen LogP contribution in [0.1, 0.15) is 43.7 Å². The Morgan fingerprint density at radius 1 is 1.04 bits per heavy atom. The molecule has 2 heterocycles. The fraction of sp³-hybridized carbons (Fsp3) is 0.526. The Bertz CT molecular complexity index is 725. The topological polar surface area (TPSA) is 74.8 Å². The molecule has 1 fully saturated rings. The van der Waals surface area contributed by atoms with E-state index in [1.807, 2.05) is 20.9 Å². The van der Waals surface area contributed by atoms with Gasteiger partial charge in [0.15, 0.2) is 16.8 Å². The molecular weight excluding hydrogens is 376 g/mol. The van der Waals surface area contributed by atoms with Gasteiger partial charge in [0.05, 0.1) is 10.6 Å². The van der Waals surface area contributed by atoms with E-state index in [-0.39, 0.29) is 0 Å². The molecule has 0 amide bonds. The molecule has 0 aliphatic heterocycles. The number of fused-ring (bicyclic) bond motifs is 1. The number of hydrogen-bond acceptors (Lipinski definition) is 8. The Morgan fingerprint density at radius 2 is 1.70 bits per heavy atom. The Kier molecular flexibility index (Phi) is 8.87. The molecule has 3 N–H and O–H groups in total. The van der Waals surface area contributed by atoms with Crippen molar-refractivity contribution in [2.45, 2.75) is 51.6 Å². The molecule has 4 rings (SSSR count). The molecule has 27 heavy (non-hydrogen) atoms. The highest BCUT2D eigenvalue weighted by Gasteiger charge is 2.30. The summed E-state index contributed by atoms with van der Waals surface area (Å²) in [5.74, 6) is 1.62. The van der Waals surface area contributed by atoms with Crippen LogP contribution < -0.4 is 16.0 Å². The molecule has 0 unspecified atom stereocenters. The molecule has 0 radical (unpaired) electrons. The van der Waals surface area contributed by atoms with Gasteiger partial charge in [-0.1, -0.05) is 31.3 Å². The third-order valence-electron chi connectivity index (χ3n) is 4.29. The average Bonchev–Trinajstić information content (AvgIpc) is 3.12. The number of hydrogen-bond donors (Lipinski definition) is 4. The molecule has 0 aromatic carbocycles. The maximum atomic E-state index is 4.71. The van der Waals surface area contributed by atoms with Crippen molar-refractivity contribution in [2.24, 2.45) is 0 Å². The third kappa shape index (κ3) is 5.59. The van der Waals surface area contributed by atoms with Gasteiger partial charge in [0, 0.05) is 31.5 Å². The van der Waals surface area contributed by atoms with Gasteiger partial charge in [0.25, 0.3) is 0 Å². The molecule has 2 aromatic heterocycles. The predicted octanol–water partition coefficient (Wildman–Crippen LogP) is 4.56. The summed E-state index contributed by atoms with van der Waals surface area (Å²) in [5, 5.41) is 11.1. The lowest BCUT2D eigenvalue weighted by molar-refractivity contribution is 0.396. The summed E-state index contributed by atoms with van der Waals surface area (Å²) in [5.41, 5.74) is 1.24. The van der Waals surface area contributed by atoms with E-state index in [1.165, 1.54) is 10.6 Å². The SMILES string of the molecule is CC.CNc1nccnc1NC1CC(Nc2nc3c(s2)C=CCC3)C1.CS.